The van der Waals surface area contributed by atoms with E-state index < -0.39 is 0 Å². The number of furan rings is 1. The number of hydrogen-bond donors (Lipinski definition) is 0. The van der Waals surface area contributed by atoms with Crippen molar-refractivity contribution in [2.24, 2.45) is 0 Å². The van der Waals surface area contributed by atoms with Crippen molar-refractivity contribution >= 4 is 75.3 Å². The number of thiophene rings is 1. The van der Waals surface area contributed by atoms with E-state index in [2.05, 4.69) is 180 Å². The van der Waals surface area contributed by atoms with Crippen molar-refractivity contribution in [1.29, 1.82) is 0 Å². The van der Waals surface area contributed by atoms with Gasteiger partial charge >= 0.3 is 0 Å². The lowest BCUT2D eigenvalue weighted by atomic mass is 9.96. The lowest BCUT2D eigenvalue weighted by molar-refractivity contribution is 0.669. The Morgan fingerprint density at radius 1 is 0.349 bits per heavy atom. The Morgan fingerprint density at radius 2 is 0.952 bits per heavy atom. The maximum atomic E-state index is 6.56. The van der Waals surface area contributed by atoms with Gasteiger partial charge in [0.15, 0.2) is 17.5 Å². The normalized spacial score (nSPS) is 11.8. The van der Waals surface area contributed by atoms with Gasteiger partial charge in [-0.25, -0.2) is 15.0 Å². The van der Waals surface area contributed by atoms with Crippen LogP contribution >= 0.6 is 11.3 Å². The van der Waals surface area contributed by atoms with Crippen LogP contribution in [0.1, 0.15) is 0 Å². The Kier molecular flexibility index (Phi) is 8.01. The van der Waals surface area contributed by atoms with Crippen LogP contribution in [0.2, 0.25) is 0 Å². The number of nitrogens with zero attached hydrogens (tertiary/aromatic N) is 4. The number of para-hydroxylation sites is 2. The molecule has 0 atom stereocenters. The molecule has 9 aromatic carbocycles. The maximum Gasteiger partial charge on any atom is 0.164 e. The molecule has 0 aliphatic rings. The zero-order valence-electron chi connectivity index (χ0n) is 33.7. The van der Waals surface area contributed by atoms with E-state index in [0.717, 1.165) is 44.3 Å². The zero-order valence-corrected chi connectivity index (χ0v) is 34.6. The summed E-state index contributed by atoms with van der Waals surface area (Å²) < 4.78 is 11.3. The van der Waals surface area contributed by atoms with Crippen molar-refractivity contribution in [1.82, 2.24) is 19.5 Å². The summed E-state index contributed by atoms with van der Waals surface area (Å²) in [5, 5.41) is 7.04. The highest BCUT2D eigenvalue weighted by Gasteiger charge is 2.19. The minimum absolute atomic E-state index is 0.587. The molecule has 6 heteroatoms. The summed E-state index contributed by atoms with van der Waals surface area (Å²) in [6.07, 6.45) is 0. The fourth-order valence-corrected chi connectivity index (χ4v) is 10.5. The third-order valence-electron chi connectivity index (χ3n) is 12.3. The summed E-state index contributed by atoms with van der Waals surface area (Å²) in [6, 6.07) is 72.7. The highest BCUT2D eigenvalue weighted by molar-refractivity contribution is 7.26. The summed E-state index contributed by atoms with van der Waals surface area (Å²) in [6.45, 7) is 0. The van der Waals surface area contributed by atoms with Gasteiger partial charge in [-0.15, -0.1) is 11.3 Å². The molecule has 0 aliphatic heterocycles. The van der Waals surface area contributed by atoms with Crippen LogP contribution in [-0.2, 0) is 0 Å². The molecule has 0 unspecified atom stereocenters. The summed E-state index contributed by atoms with van der Waals surface area (Å²) in [7, 11) is 0. The van der Waals surface area contributed by atoms with Crippen LogP contribution in [-0.4, -0.2) is 19.5 Å². The van der Waals surface area contributed by atoms with E-state index in [1.165, 1.54) is 64.2 Å². The first-order valence-electron chi connectivity index (χ1n) is 21.1. The molecular formula is C57H34N4OS. The molecular weight excluding hydrogens is 789 g/mol. The van der Waals surface area contributed by atoms with Crippen LogP contribution < -0.4 is 0 Å². The van der Waals surface area contributed by atoms with Crippen LogP contribution in [0.4, 0.5) is 0 Å². The molecule has 0 aliphatic carbocycles. The van der Waals surface area contributed by atoms with Gasteiger partial charge in [0.1, 0.15) is 11.2 Å². The Labute approximate surface area is 365 Å². The van der Waals surface area contributed by atoms with Crippen molar-refractivity contribution in [3.05, 3.63) is 206 Å². The minimum Gasteiger partial charge on any atom is -0.456 e. The standard InChI is InChI=1S/C57H34N4OS/c1-3-13-35(14-4-1)37-17-11-18-38(31-37)42-21-12-24-52-54(42)46-29-26-40(33-53(46)63-52)57-59-55(36-15-5-2-6-16-36)58-56(60-57)39-25-28-45-47-34-41(27-30-50(47)62-51(45)32-39)61-48-22-9-7-19-43(48)44-20-8-10-23-49(44)61/h1-34H. The summed E-state index contributed by atoms with van der Waals surface area (Å²) in [4.78, 5) is 15.3. The molecule has 4 aromatic heterocycles. The van der Waals surface area contributed by atoms with Gasteiger partial charge in [-0.1, -0.05) is 146 Å². The van der Waals surface area contributed by atoms with E-state index in [0.29, 0.717) is 17.5 Å². The minimum atomic E-state index is 0.587. The number of fused-ring (bicyclic) bond motifs is 9. The van der Waals surface area contributed by atoms with Crippen molar-refractivity contribution < 1.29 is 4.42 Å². The number of benzene rings is 9. The average Bonchev–Trinajstić information content (AvgIpc) is 4.03. The number of hydrogen-bond acceptors (Lipinski definition) is 5. The smallest absolute Gasteiger partial charge is 0.164 e. The summed E-state index contributed by atoms with van der Waals surface area (Å²) in [5.41, 5.74) is 12.6. The first kappa shape index (κ1) is 35.6. The summed E-state index contributed by atoms with van der Waals surface area (Å²) in [5.74, 6) is 1.83. The molecule has 5 nitrogen and oxygen atoms in total. The molecule has 0 spiro atoms. The highest BCUT2D eigenvalue weighted by Crippen LogP contribution is 2.43. The third kappa shape index (κ3) is 5.87. The molecule has 0 radical (unpaired) electrons. The zero-order chi connectivity index (χ0) is 41.4. The van der Waals surface area contributed by atoms with E-state index in [-0.39, 0.29) is 0 Å². The summed E-state index contributed by atoms with van der Waals surface area (Å²) >= 11 is 1.80. The van der Waals surface area contributed by atoms with E-state index in [1.54, 1.807) is 11.3 Å². The number of aromatic nitrogens is 4. The molecule has 0 bridgehead atoms. The Balaban J connectivity index is 0.915. The monoisotopic (exact) mass is 822 g/mol. The van der Waals surface area contributed by atoms with Crippen LogP contribution in [0, 0.1) is 0 Å². The lowest BCUT2D eigenvalue weighted by Crippen LogP contribution is -2.00. The van der Waals surface area contributed by atoms with Crippen LogP contribution in [0.5, 0.6) is 0 Å². The molecule has 63 heavy (non-hydrogen) atoms. The van der Waals surface area contributed by atoms with E-state index in [9.17, 15) is 0 Å². The topological polar surface area (TPSA) is 56.7 Å². The largest absolute Gasteiger partial charge is 0.456 e. The Morgan fingerprint density at radius 3 is 1.70 bits per heavy atom. The fourth-order valence-electron chi connectivity index (χ4n) is 9.30. The van der Waals surface area contributed by atoms with Gasteiger partial charge in [0, 0.05) is 64.1 Å². The predicted molar refractivity (Wildman–Crippen MR) is 262 cm³/mol. The molecule has 4 heterocycles. The van der Waals surface area contributed by atoms with Crippen molar-refractivity contribution in [3.8, 4) is 62.1 Å². The third-order valence-corrected chi connectivity index (χ3v) is 13.4. The molecule has 13 aromatic rings. The first-order valence-corrected chi connectivity index (χ1v) is 21.9. The molecule has 13 rings (SSSR count). The average molecular weight is 823 g/mol. The van der Waals surface area contributed by atoms with Gasteiger partial charge in [-0.3, -0.25) is 0 Å². The van der Waals surface area contributed by atoms with Crippen LogP contribution in [0.3, 0.4) is 0 Å². The Hall–Kier alpha value is -8.19. The van der Waals surface area contributed by atoms with Gasteiger partial charge in [0.25, 0.3) is 0 Å². The van der Waals surface area contributed by atoms with Crippen LogP contribution in [0.25, 0.3) is 126 Å². The van der Waals surface area contributed by atoms with Gasteiger partial charge < -0.3 is 8.98 Å². The Bertz CT molecular complexity index is 3870. The maximum absolute atomic E-state index is 6.56. The van der Waals surface area contributed by atoms with E-state index in [4.69, 9.17) is 19.4 Å². The van der Waals surface area contributed by atoms with Gasteiger partial charge in [0.2, 0.25) is 0 Å². The predicted octanol–water partition coefficient (Wildman–Crippen LogP) is 15.6. The molecule has 0 saturated heterocycles. The van der Waals surface area contributed by atoms with E-state index in [1.807, 2.05) is 30.3 Å². The molecule has 0 amide bonds. The lowest BCUT2D eigenvalue weighted by Gasteiger charge is -2.09. The van der Waals surface area contributed by atoms with Gasteiger partial charge in [-0.05, 0) is 82.9 Å². The fraction of sp³-hybridized carbons (Fsp3) is 0. The van der Waals surface area contributed by atoms with Crippen molar-refractivity contribution in [2.75, 3.05) is 0 Å². The van der Waals surface area contributed by atoms with Crippen LogP contribution in [0.15, 0.2) is 211 Å². The second-order valence-corrected chi connectivity index (χ2v) is 17.1. The van der Waals surface area contributed by atoms with Crippen molar-refractivity contribution in [3.63, 3.8) is 0 Å². The second-order valence-electron chi connectivity index (χ2n) is 16.0. The highest BCUT2D eigenvalue weighted by atomic mass is 32.1. The molecule has 0 N–H and O–H groups in total. The van der Waals surface area contributed by atoms with Gasteiger partial charge in [-0.2, -0.15) is 0 Å². The van der Waals surface area contributed by atoms with Crippen molar-refractivity contribution in [2.45, 2.75) is 0 Å². The van der Waals surface area contributed by atoms with E-state index >= 15 is 0 Å². The molecule has 294 valence electrons. The SMILES string of the molecule is c1ccc(-c2cccc(-c3cccc4sc5cc(-c6nc(-c7ccccc7)nc(-c7ccc8c(c7)oc7ccc(-n9c%10ccccc%10c%10ccccc%109)cc78)n6)ccc5c34)c2)cc1. The molecule has 0 saturated carbocycles. The quantitative estimate of drug-likeness (QED) is 0.168. The molecule has 0 fully saturated rings. The second kappa shape index (κ2) is 14.2. The first-order chi connectivity index (χ1) is 31.2. The number of rotatable bonds is 6. The van der Waals surface area contributed by atoms with Gasteiger partial charge in [0.05, 0.1) is 11.0 Å².